The normalized spacial score (nSPS) is 31.6. The first-order valence-corrected chi connectivity index (χ1v) is 6.88. The fraction of sp³-hybridized carbons (Fsp3) is 1.00. The van der Waals surface area contributed by atoms with Gasteiger partial charge < -0.3 is 0 Å². The van der Waals surface area contributed by atoms with Gasteiger partial charge in [-0.25, -0.2) is 0 Å². The molecule has 0 spiro atoms. The molecule has 0 aliphatic heterocycles. The summed E-state index contributed by atoms with van der Waals surface area (Å²) in [7, 11) is 0. The zero-order chi connectivity index (χ0) is 9.68. The molecule has 1 saturated carbocycles. The van der Waals surface area contributed by atoms with E-state index in [0.29, 0.717) is 0 Å². The maximum absolute atomic E-state index is 2.40. The number of thioether (sulfide) groups is 1. The van der Waals surface area contributed by atoms with Crippen molar-refractivity contribution in [2.75, 3.05) is 5.75 Å². The third-order valence-corrected chi connectivity index (χ3v) is 4.98. The van der Waals surface area contributed by atoms with Gasteiger partial charge in [-0.05, 0) is 43.3 Å². The predicted molar refractivity (Wildman–Crippen MR) is 63.3 cm³/mol. The molecule has 78 valence electrons. The standard InChI is InChI=1S/C12H24S/c1-4-10(2)9-13-12-7-5-11(3)6-8-12/h10-12H,4-9H2,1-3H3. The molecule has 0 bridgehead atoms. The van der Waals surface area contributed by atoms with Gasteiger partial charge in [-0.1, -0.05) is 27.2 Å². The van der Waals surface area contributed by atoms with E-state index >= 15 is 0 Å². The van der Waals surface area contributed by atoms with Crippen molar-refractivity contribution in [2.24, 2.45) is 11.8 Å². The highest BCUT2D eigenvalue weighted by molar-refractivity contribution is 7.99. The first kappa shape index (κ1) is 11.4. The number of hydrogen-bond donors (Lipinski definition) is 0. The van der Waals surface area contributed by atoms with Gasteiger partial charge in [-0.3, -0.25) is 0 Å². The number of hydrogen-bond acceptors (Lipinski definition) is 1. The summed E-state index contributed by atoms with van der Waals surface area (Å²) >= 11 is 2.23. The first-order chi connectivity index (χ1) is 6.22. The Morgan fingerprint density at radius 2 is 1.85 bits per heavy atom. The molecule has 0 amide bonds. The molecule has 1 unspecified atom stereocenters. The van der Waals surface area contributed by atoms with Crippen LogP contribution in [0.25, 0.3) is 0 Å². The highest BCUT2D eigenvalue weighted by Gasteiger charge is 2.18. The van der Waals surface area contributed by atoms with Gasteiger partial charge in [0, 0.05) is 5.25 Å². The van der Waals surface area contributed by atoms with Crippen LogP contribution >= 0.6 is 11.8 Å². The molecular weight excluding hydrogens is 176 g/mol. The minimum Gasteiger partial charge on any atom is -0.158 e. The van der Waals surface area contributed by atoms with Crippen LogP contribution in [0.15, 0.2) is 0 Å². The summed E-state index contributed by atoms with van der Waals surface area (Å²) in [6.45, 7) is 7.07. The quantitative estimate of drug-likeness (QED) is 0.650. The van der Waals surface area contributed by atoms with Crippen molar-refractivity contribution in [2.45, 2.75) is 58.1 Å². The molecule has 0 N–H and O–H groups in total. The molecule has 0 nitrogen and oxygen atoms in total. The van der Waals surface area contributed by atoms with Crippen molar-refractivity contribution in [1.29, 1.82) is 0 Å². The Labute approximate surface area is 87.9 Å². The molecule has 0 saturated heterocycles. The number of rotatable bonds is 4. The predicted octanol–water partition coefficient (Wildman–Crippen LogP) is 4.34. The molecule has 0 radical (unpaired) electrons. The molecule has 1 heteroatoms. The van der Waals surface area contributed by atoms with E-state index in [1.165, 1.54) is 37.9 Å². The molecule has 0 aromatic carbocycles. The van der Waals surface area contributed by atoms with Crippen LogP contribution in [0.1, 0.15) is 52.9 Å². The first-order valence-electron chi connectivity index (χ1n) is 5.84. The Morgan fingerprint density at radius 3 is 2.38 bits per heavy atom. The second-order valence-electron chi connectivity index (χ2n) is 4.73. The van der Waals surface area contributed by atoms with Crippen molar-refractivity contribution < 1.29 is 0 Å². The van der Waals surface area contributed by atoms with Gasteiger partial charge in [-0.2, -0.15) is 11.8 Å². The maximum atomic E-state index is 2.40. The van der Waals surface area contributed by atoms with E-state index in [4.69, 9.17) is 0 Å². The van der Waals surface area contributed by atoms with E-state index in [2.05, 4.69) is 32.5 Å². The Balaban J connectivity index is 2.08. The molecule has 0 heterocycles. The fourth-order valence-electron chi connectivity index (χ4n) is 1.81. The summed E-state index contributed by atoms with van der Waals surface area (Å²) in [5.74, 6) is 3.31. The molecule has 1 fully saturated rings. The fourth-order valence-corrected chi connectivity index (χ4v) is 3.26. The zero-order valence-corrected chi connectivity index (χ0v) is 10.2. The highest BCUT2D eigenvalue weighted by atomic mass is 32.2. The van der Waals surface area contributed by atoms with E-state index in [1.54, 1.807) is 0 Å². The van der Waals surface area contributed by atoms with Crippen molar-refractivity contribution in [3.63, 3.8) is 0 Å². The van der Waals surface area contributed by atoms with Gasteiger partial charge in [0.2, 0.25) is 0 Å². The van der Waals surface area contributed by atoms with Gasteiger partial charge in [0.05, 0.1) is 0 Å². The van der Waals surface area contributed by atoms with Crippen molar-refractivity contribution >= 4 is 11.8 Å². The van der Waals surface area contributed by atoms with Gasteiger partial charge in [0.1, 0.15) is 0 Å². The summed E-state index contributed by atoms with van der Waals surface area (Å²) in [6, 6.07) is 0. The van der Waals surface area contributed by atoms with Gasteiger partial charge in [0.25, 0.3) is 0 Å². The lowest BCUT2D eigenvalue weighted by Crippen LogP contribution is -2.15. The Hall–Kier alpha value is 0.350. The van der Waals surface area contributed by atoms with E-state index < -0.39 is 0 Å². The van der Waals surface area contributed by atoms with E-state index in [-0.39, 0.29) is 0 Å². The Kier molecular flexibility index (Phi) is 5.23. The summed E-state index contributed by atoms with van der Waals surface area (Å²) < 4.78 is 0. The minimum absolute atomic E-state index is 0.921. The third-order valence-electron chi connectivity index (χ3n) is 3.28. The van der Waals surface area contributed by atoms with Crippen molar-refractivity contribution in [3.8, 4) is 0 Å². The molecule has 1 rings (SSSR count). The lowest BCUT2D eigenvalue weighted by Gasteiger charge is -2.26. The molecule has 1 aliphatic carbocycles. The lowest BCUT2D eigenvalue weighted by molar-refractivity contribution is 0.393. The SMILES string of the molecule is CCC(C)CSC1CCC(C)CC1. The van der Waals surface area contributed by atoms with Gasteiger partial charge >= 0.3 is 0 Å². The van der Waals surface area contributed by atoms with Crippen molar-refractivity contribution in [3.05, 3.63) is 0 Å². The maximum Gasteiger partial charge on any atom is 0.00473 e. The van der Waals surface area contributed by atoms with Crippen molar-refractivity contribution in [1.82, 2.24) is 0 Å². The summed E-state index contributed by atoms with van der Waals surface area (Å²) in [5, 5.41) is 0.991. The highest BCUT2D eigenvalue weighted by Crippen LogP contribution is 2.32. The smallest absolute Gasteiger partial charge is 0.00473 e. The van der Waals surface area contributed by atoms with Crippen LogP contribution < -0.4 is 0 Å². The van der Waals surface area contributed by atoms with Crippen LogP contribution in [0.5, 0.6) is 0 Å². The second-order valence-corrected chi connectivity index (χ2v) is 6.06. The van der Waals surface area contributed by atoms with Crippen LogP contribution in [0, 0.1) is 11.8 Å². The average molecular weight is 200 g/mol. The average Bonchev–Trinajstić information content (AvgIpc) is 2.16. The van der Waals surface area contributed by atoms with E-state index in [9.17, 15) is 0 Å². The van der Waals surface area contributed by atoms with Gasteiger partial charge in [-0.15, -0.1) is 0 Å². The Morgan fingerprint density at radius 1 is 1.23 bits per heavy atom. The molecular formula is C12H24S. The monoisotopic (exact) mass is 200 g/mol. The van der Waals surface area contributed by atoms with Gasteiger partial charge in [0.15, 0.2) is 0 Å². The molecule has 1 aliphatic rings. The van der Waals surface area contributed by atoms with Crippen LogP contribution in [0.3, 0.4) is 0 Å². The van der Waals surface area contributed by atoms with E-state index in [1.807, 2.05) is 0 Å². The lowest BCUT2D eigenvalue weighted by atomic mass is 9.91. The topological polar surface area (TPSA) is 0 Å². The second kappa shape index (κ2) is 5.95. The minimum atomic E-state index is 0.921. The zero-order valence-electron chi connectivity index (χ0n) is 9.38. The summed E-state index contributed by atoms with van der Waals surface area (Å²) in [6.07, 6.45) is 7.23. The molecule has 1 atom stereocenters. The van der Waals surface area contributed by atoms with Crippen LogP contribution in [0.4, 0.5) is 0 Å². The van der Waals surface area contributed by atoms with Crippen LogP contribution in [-0.2, 0) is 0 Å². The van der Waals surface area contributed by atoms with Crippen LogP contribution in [-0.4, -0.2) is 11.0 Å². The summed E-state index contributed by atoms with van der Waals surface area (Å²) in [5.41, 5.74) is 0. The largest absolute Gasteiger partial charge is 0.158 e. The summed E-state index contributed by atoms with van der Waals surface area (Å²) in [4.78, 5) is 0. The van der Waals surface area contributed by atoms with E-state index in [0.717, 1.165) is 17.1 Å². The van der Waals surface area contributed by atoms with Crippen LogP contribution in [0.2, 0.25) is 0 Å². The molecule has 0 aromatic rings. The molecule has 13 heavy (non-hydrogen) atoms. The third kappa shape index (κ3) is 4.39. The molecule has 0 aromatic heterocycles. The Bertz CT molecular complexity index is 125.